The maximum absolute atomic E-state index is 12.3. The van der Waals surface area contributed by atoms with Gasteiger partial charge >= 0.3 is 5.97 Å². The molecular formula is C16H21NO4S. The first kappa shape index (κ1) is 16.7. The Labute approximate surface area is 133 Å². The number of aliphatic carboxylic acids is 1. The summed E-state index contributed by atoms with van der Waals surface area (Å²) >= 11 is 1.16. The van der Waals surface area contributed by atoms with Crippen molar-refractivity contribution in [3.05, 3.63) is 21.9 Å². The molecule has 2 rings (SSSR count). The maximum atomic E-state index is 12.3. The first-order chi connectivity index (χ1) is 10.4. The molecule has 1 amide bonds. The van der Waals surface area contributed by atoms with E-state index < -0.39 is 17.4 Å². The third-order valence-corrected chi connectivity index (χ3v) is 5.46. The quantitative estimate of drug-likeness (QED) is 0.816. The molecule has 1 fully saturated rings. The second-order valence-electron chi connectivity index (χ2n) is 5.95. The molecule has 0 bridgehead atoms. The molecule has 1 aromatic rings. The second kappa shape index (κ2) is 6.60. The van der Waals surface area contributed by atoms with Crippen molar-refractivity contribution in [1.29, 1.82) is 0 Å². The predicted molar refractivity (Wildman–Crippen MR) is 84.4 cm³/mol. The van der Waals surface area contributed by atoms with Crippen LogP contribution in [0.25, 0.3) is 0 Å². The molecule has 0 radical (unpaired) electrons. The lowest BCUT2D eigenvalue weighted by Crippen LogP contribution is -2.56. The summed E-state index contributed by atoms with van der Waals surface area (Å²) in [5.41, 5.74) is -0.697. The van der Waals surface area contributed by atoms with Gasteiger partial charge in [-0.2, -0.15) is 0 Å². The molecule has 0 unspecified atom stereocenters. The average Bonchev–Trinajstić information content (AvgIpc) is 2.98. The van der Waals surface area contributed by atoms with Gasteiger partial charge in [-0.05, 0) is 44.6 Å². The Balaban J connectivity index is 2.12. The molecule has 120 valence electrons. The van der Waals surface area contributed by atoms with Crippen LogP contribution in [0, 0.1) is 5.92 Å². The van der Waals surface area contributed by atoms with Crippen molar-refractivity contribution in [1.82, 2.24) is 5.32 Å². The minimum absolute atomic E-state index is 0.105. The van der Waals surface area contributed by atoms with Gasteiger partial charge in [-0.3, -0.25) is 9.59 Å². The molecule has 1 saturated carbocycles. The number of thiophene rings is 1. The Morgan fingerprint density at radius 1 is 1.36 bits per heavy atom. The smallest absolute Gasteiger partial charge is 0.329 e. The summed E-state index contributed by atoms with van der Waals surface area (Å²) in [6.45, 7) is 3.54. The van der Waals surface area contributed by atoms with E-state index >= 15 is 0 Å². The Morgan fingerprint density at radius 3 is 2.45 bits per heavy atom. The van der Waals surface area contributed by atoms with Crippen molar-refractivity contribution in [3.63, 3.8) is 0 Å². The number of carbonyl (C=O) groups excluding carboxylic acids is 2. The molecule has 1 aliphatic rings. The van der Waals surface area contributed by atoms with Gasteiger partial charge in [0.15, 0.2) is 5.78 Å². The summed E-state index contributed by atoms with van der Waals surface area (Å²) in [6.07, 6.45) is 3.57. The van der Waals surface area contributed by atoms with Crippen LogP contribution in [-0.4, -0.2) is 28.3 Å². The van der Waals surface area contributed by atoms with E-state index in [1.165, 1.54) is 13.0 Å². The molecule has 2 N–H and O–H groups in total. The average molecular weight is 323 g/mol. The van der Waals surface area contributed by atoms with Crippen LogP contribution in [0.4, 0.5) is 0 Å². The number of rotatable bonds is 5. The highest BCUT2D eigenvalue weighted by Crippen LogP contribution is 2.34. The minimum Gasteiger partial charge on any atom is -0.480 e. The predicted octanol–water partition coefficient (Wildman–Crippen LogP) is 3.10. The zero-order valence-electron chi connectivity index (χ0n) is 12.8. The SMILES string of the molecule is CCC1CCC(NC(=O)c2cc(C(C)=O)cs2)(C(=O)O)CC1. The van der Waals surface area contributed by atoms with Crippen LogP contribution in [0.3, 0.4) is 0 Å². The lowest BCUT2D eigenvalue weighted by molar-refractivity contribution is -0.146. The van der Waals surface area contributed by atoms with Gasteiger partial charge in [-0.1, -0.05) is 13.3 Å². The van der Waals surface area contributed by atoms with Crippen LogP contribution in [0.5, 0.6) is 0 Å². The van der Waals surface area contributed by atoms with Crippen LogP contribution in [0.1, 0.15) is 66.0 Å². The Bertz CT molecular complexity index is 585. The third-order valence-electron chi connectivity index (χ3n) is 4.53. The minimum atomic E-state index is -1.18. The first-order valence-corrected chi connectivity index (χ1v) is 8.41. The summed E-state index contributed by atoms with van der Waals surface area (Å²) in [6, 6.07) is 1.52. The van der Waals surface area contributed by atoms with Gasteiger partial charge in [0, 0.05) is 10.9 Å². The lowest BCUT2D eigenvalue weighted by atomic mass is 9.75. The van der Waals surface area contributed by atoms with E-state index in [-0.39, 0.29) is 5.78 Å². The number of Topliss-reactive ketones (excluding diaryl/α,β-unsaturated/α-hetero) is 1. The fourth-order valence-corrected chi connectivity index (χ4v) is 3.73. The molecule has 0 aromatic carbocycles. The molecule has 0 aliphatic heterocycles. The number of hydrogen-bond donors (Lipinski definition) is 2. The van der Waals surface area contributed by atoms with Crippen LogP contribution >= 0.6 is 11.3 Å². The van der Waals surface area contributed by atoms with Crippen molar-refractivity contribution in [2.45, 2.75) is 51.5 Å². The van der Waals surface area contributed by atoms with Gasteiger partial charge in [-0.15, -0.1) is 11.3 Å². The summed E-state index contributed by atoms with van der Waals surface area (Å²) in [4.78, 5) is 35.7. The van der Waals surface area contributed by atoms with E-state index in [2.05, 4.69) is 12.2 Å². The van der Waals surface area contributed by atoms with Gasteiger partial charge in [0.2, 0.25) is 0 Å². The van der Waals surface area contributed by atoms with Crippen molar-refractivity contribution >= 4 is 29.0 Å². The second-order valence-corrected chi connectivity index (χ2v) is 6.86. The summed E-state index contributed by atoms with van der Waals surface area (Å²) in [5.74, 6) is -0.948. The Hall–Kier alpha value is -1.69. The number of amides is 1. The fraction of sp³-hybridized carbons (Fsp3) is 0.562. The highest BCUT2D eigenvalue weighted by atomic mass is 32.1. The van der Waals surface area contributed by atoms with Crippen LogP contribution in [-0.2, 0) is 4.79 Å². The summed E-state index contributed by atoms with van der Waals surface area (Å²) < 4.78 is 0. The van der Waals surface area contributed by atoms with Crippen molar-refractivity contribution < 1.29 is 19.5 Å². The molecule has 1 aliphatic carbocycles. The van der Waals surface area contributed by atoms with E-state index in [0.29, 0.717) is 29.2 Å². The van der Waals surface area contributed by atoms with Crippen LogP contribution in [0.15, 0.2) is 11.4 Å². The van der Waals surface area contributed by atoms with Gasteiger partial charge in [0.05, 0.1) is 4.88 Å². The van der Waals surface area contributed by atoms with Crippen molar-refractivity contribution in [2.24, 2.45) is 5.92 Å². The number of nitrogens with one attached hydrogen (secondary N) is 1. The highest BCUT2D eigenvalue weighted by Gasteiger charge is 2.43. The van der Waals surface area contributed by atoms with E-state index in [0.717, 1.165) is 30.6 Å². The summed E-state index contributed by atoms with van der Waals surface area (Å²) in [5, 5.41) is 13.9. The number of carbonyl (C=O) groups is 3. The standard InChI is InChI=1S/C16H21NO4S/c1-3-11-4-6-16(7-5-11,15(20)21)17-14(19)13-8-12(9-22-13)10(2)18/h8-9,11H,3-7H2,1-2H3,(H,17,19)(H,20,21). The molecule has 0 atom stereocenters. The van der Waals surface area contributed by atoms with Gasteiger partial charge in [0.25, 0.3) is 5.91 Å². The molecule has 0 spiro atoms. The van der Waals surface area contributed by atoms with Crippen molar-refractivity contribution in [2.75, 3.05) is 0 Å². The zero-order chi connectivity index (χ0) is 16.3. The molecule has 1 aromatic heterocycles. The highest BCUT2D eigenvalue weighted by molar-refractivity contribution is 7.12. The van der Waals surface area contributed by atoms with Gasteiger partial charge < -0.3 is 10.4 Å². The van der Waals surface area contributed by atoms with Crippen molar-refractivity contribution in [3.8, 4) is 0 Å². The number of carboxylic acid groups (broad SMARTS) is 1. The lowest BCUT2D eigenvalue weighted by Gasteiger charge is -2.37. The molecular weight excluding hydrogens is 302 g/mol. The maximum Gasteiger partial charge on any atom is 0.329 e. The third kappa shape index (κ3) is 3.38. The Morgan fingerprint density at radius 2 is 2.00 bits per heavy atom. The number of hydrogen-bond acceptors (Lipinski definition) is 4. The zero-order valence-corrected chi connectivity index (χ0v) is 13.7. The monoisotopic (exact) mass is 323 g/mol. The van der Waals surface area contributed by atoms with Crippen LogP contribution in [0.2, 0.25) is 0 Å². The molecule has 0 saturated heterocycles. The fourth-order valence-electron chi connectivity index (χ4n) is 2.89. The van der Waals surface area contributed by atoms with E-state index in [4.69, 9.17) is 0 Å². The van der Waals surface area contributed by atoms with Gasteiger partial charge in [0.1, 0.15) is 5.54 Å². The number of ketones is 1. The molecule has 22 heavy (non-hydrogen) atoms. The summed E-state index contributed by atoms with van der Waals surface area (Å²) in [7, 11) is 0. The normalized spacial score (nSPS) is 24.7. The topological polar surface area (TPSA) is 83.5 Å². The van der Waals surface area contributed by atoms with E-state index in [1.54, 1.807) is 5.38 Å². The van der Waals surface area contributed by atoms with E-state index in [1.807, 2.05) is 0 Å². The largest absolute Gasteiger partial charge is 0.480 e. The van der Waals surface area contributed by atoms with Gasteiger partial charge in [-0.25, -0.2) is 4.79 Å². The van der Waals surface area contributed by atoms with E-state index in [9.17, 15) is 19.5 Å². The molecule has 5 nitrogen and oxygen atoms in total. The Kier molecular flexibility index (Phi) is 5.01. The molecule has 1 heterocycles. The van der Waals surface area contributed by atoms with Crippen LogP contribution < -0.4 is 5.32 Å². The first-order valence-electron chi connectivity index (χ1n) is 7.53. The number of carboxylic acids is 1. The molecule has 6 heteroatoms.